The van der Waals surface area contributed by atoms with Crippen LogP contribution >= 0.6 is 34.8 Å². The molecule has 1 aliphatic heterocycles. The van der Waals surface area contributed by atoms with Gasteiger partial charge in [-0.3, -0.25) is 4.99 Å². The number of nitrogens with one attached hydrogen (secondary N) is 2. The second-order valence-electron chi connectivity index (χ2n) is 7.02. The molecule has 0 saturated carbocycles. The highest BCUT2D eigenvalue weighted by Crippen LogP contribution is 2.35. The molecule has 3 rings (SSSR count). The summed E-state index contributed by atoms with van der Waals surface area (Å²) >= 11 is 18.5. The summed E-state index contributed by atoms with van der Waals surface area (Å²) in [5, 5.41) is 8.64. The van der Waals surface area contributed by atoms with Gasteiger partial charge in [-0.25, -0.2) is 0 Å². The summed E-state index contributed by atoms with van der Waals surface area (Å²) in [4.78, 5) is 4.35. The van der Waals surface area contributed by atoms with Gasteiger partial charge in [0, 0.05) is 50.0 Å². The van der Waals surface area contributed by atoms with Crippen molar-refractivity contribution in [1.29, 1.82) is 0 Å². The molecule has 1 aromatic heterocycles. The lowest BCUT2D eigenvalue weighted by Gasteiger charge is -2.38. The summed E-state index contributed by atoms with van der Waals surface area (Å²) < 4.78 is 7.46. The Labute approximate surface area is 181 Å². The number of hydrogen-bond donors (Lipinski definition) is 2. The summed E-state index contributed by atoms with van der Waals surface area (Å²) in [7, 11) is 3.65. The van der Waals surface area contributed by atoms with Crippen molar-refractivity contribution in [3.05, 3.63) is 56.8 Å². The number of ether oxygens (including phenoxy) is 1. The minimum atomic E-state index is -0.0433. The maximum absolute atomic E-state index is 6.25. The normalized spacial score (nSPS) is 16.8. The molecule has 0 aliphatic carbocycles. The Morgan fingerprint density at radius 1 is 1.18 bits per heavy atom. The molecule has 0 bridgehead atoms. The third-order valence-electron chi connectivity index (χ3n) is 5.36. The Kier molecular flexibility index (Phi) is 7.15. The summed E-state index contributed by atoms with van der Waals surface area (Å²) in [6, 6.07) is 9.96. The van der Waals surface area contributed by atoms with Crippen LogP contribution in [0.5, 0.6) is 0 Å². The second-order valence-corrected chi connectivity index (χ2v) is 8.22. The van der Waals surface area contributed by atoms with E-state index in [2.05, 4.69) is 27.8 Å². The number of guanidine groups is 1. The minimum Gasteiger partial charge on any atom is -0.381 e. The molecule has 1 saturated heterocycles. The fourth-order valence-electron chi connectivity index (χ4n) is 3.55. The van der Waals surface area contributed by atoms with E-state index in [1.54, 1.807) is 7.05 Å². The SMILES string of the molecule is CN=C(NCc1cc(Cl)c(Cl)n1C)NCC1(c2cccc(Cl)c2)CCOCC1. The lowest BCUT2D eigenvalue weighted by molar-refractivity contribution is 0.0514. The fourth-order valence-corrected chi connectivity index (χ4v) is 4.16. The number of aromatic nitrogens is 1. The Morgan fingerprint density at radius 3 is 2.54 bits per heavy atom. The molecule has 1 fully saturated rings. The summed E-state index contributed by atoms with van der Waals surface area (Å²) in [5.41, 5.74) is 2.17. The van der Waals surface area contributed by atoms with Crippen LogP contribution in [0.25, 0.3) is 0 Å². The summed E-state index contributed by atoms with van der Waals surface area (Å²) in [6.45, 7) is 2.78. The maximum atomic E-state index is 6.25. The van der Waals surface area contributed by atoms with Crippen molar-refractivity contribution in [1.82, 2.24) is 15.2 Å². The lowest BCUT2D eigenvalue weighted by Crippen LogP contribution is -2.48. The van der Waals surface area contributed by atoms with E-state index >= 15 is 0 Å². The molecule has 152 valence electrons. The van der Waals surface area contributed by atoms with Crippen LogP contribution in [0.2, 0.25) is 15.2 Å². The molecule has 0 unspecified atom stereocenters. The van der Waals surface area contributed by atoms with Crippen molar-refractivity contribution in [3.8, 4) is 0 Å². The number of halogens is 3. The van der Waals surface area contributed by atoms with E-state index in [0.717, 1.165) is 49.3 Å². The highest BCUT2D eigenvalue weighted by Gasteiger charge is 2.34. The molecule has 28 heavy (non-hydrogen) atoms. The largest absolute Gasteiger partial charge is 0.381 e. The van der Waals surface area contributed by atoms with Gasteiger partial charge in [-0.2, -0.15) is 0 Å². The van der Waals surface area contributed by atoms with Gasteiger partial charge in [0.2, 0.25) is 0 Å². The van der Waals surface area contributed by atoms with Gasteiger partial charge < -0.3 is 19.9 Å². The second kappa shape index (κ2) is 9.40. The lowest BCUT2D eigenvalue weighted by atomic mass is 9.74. The van der Waals surface area contributed by atoms with Crippen molar-refractivity contribution in [2.24, 2.45) is 12.0 Å². The number of rotatable bonds is 5. The predicted octanol–water partition coefficient (Wildman–Crippen LogP) is 4.40. The highest BCUT2D eigenvalue weighted by molar-refractivity contribution is 6.41. The first-order valence-electron chi connectivity index (χ1n) is 9.23. The van der Waals surface area contributed by atoms with E-state index in [1.165, 1.54) is 5.56 Å². The highest BCUT2D eigenvalue weighted by atomic mass is 35.5. The number of hydrogen-bond acceptors (Lipinski definition) is 2. The number of benzene rings is 1. The minimum absolute atomic E-state index is 0.0433. The van der Waals surface area contributed by atoms with Crippen LogP contribution in [0, 0.1) is 0 Å². The third kappa shape index (κ3) is 4.77. The van der Waals surface area contributed by atoms with Crippen molar-refractivity contribution in [3.63, 3.8) is 0 Å². The molecular weight excluding hydrogens is 419 g/mol. The Hall–Kier alpha value is -1.40. The fraction of sp³-hybridized carbons (Fsp3) is 0.450. The standard InChI is InChI=1S/C20H25Cl3N4O/c1-24-19(25-12-16-11-17(22)18(23)27(16)2)26-13-20(6-8-28-9-7-20)14-4-3-5-15(21)10-14/h3-5,10-11H,6-9,12-13H2,1-2H3,(H2,24,25,26). The Bertz CT molecular complexity index is 844. The molecule has 2 N–H and O–H groups in total. The maximum Gasteiger partial charge on any atom is 0.191 e. The molecule has 0 spiro atoms. The van der Waals surface area contributed by atoms with Crippen LogP contribution in [0.1, 0.15) is 24.1 Å². The molecule has 1 aliphatic rings. The smallest absolute Gasteiger partial charge is 0.191 e. The number of aliphatic imine (C=N–C) groups is 1. The Morgan fingerprint density at radius 2 is 1.93 bits per heavy atom. The Balaban J connectivity index is 1.68. The molecule has 0 atom stereocenters. The average molecular weight is 444 g/mol. The summed E-state index contributed by atoms with van der Waals surface area (Å²) in [5.74, 6) is 0.723. The van der Waals surface area contributed by atoms with E-state index in [9.17, 15) is 0 Å². The van der Waals surface area contributed by atoms with E-state index in [4.69, 9.17) is 39.5 Å². The first-order valence-corrected chi connectivity index (χ1v) is 10.4. The molecule has 1 aromatic carbocycles. The molecule has 2 heterocycles. The summed E-state index contributed by atoms with van der Waals surface area (Å²) in [6.07, 6.45) is 1.86. The van der Waals surface area contributed by atoms with Crippen LogP contribution in [0.4, 0.5) is 0 Å². The number of nitrogens with zero attached hydrogens (tertiary/aromatic N) is 2. The van der Waals surface area contributed by atoms with Gasteiger partial charge in [-0.1, -0.05) is 46.9 Å². The van der Waals surface area contributed by atoms with Gasteiger partial charge in [0.25, 0.3) is 0 Å². The van der Waals surface area contributed by atoms with Crippen LogP contribution < -0.4 is 10.6 Å². The zero-order valence-corrected chi connectivity index (χ0v) is 18.3. The van der Waals surface area contributed by atoms with Gasteiger partial charge in [-0.05, 0) is 36.6 Å². The molecule has 0 amide bonds. The zero-order chi connectivity index (χ0) is 20.1. The van der Waals surface area contributed by atoms with Crippen LogP contribution in [0.3, 0.4) is 0 Å². The van der Waals surface area contributed by atoms with Crippen molar-refractivity contribution >= 4 is 40.8 Å². The zero-order valence-electron chi connectivity index (χ0n) is 16.1. The molecule has 8 heteroatoms. The van der Waals surface area contributed by atoms with E-state index in [1.807, 2.05) is 29.8 Å². The van der Waals surface area contributed by atoms with Crippen LogP contribution in [-0.4, -0.2) is 37.3 Å². The average Bonchev–Trinajstić information content (AvgIpc) is 2.95. The van der Waals surface area contributed by atoms with Crippen LogP contribution in [0.15, 0.2) is 35.3 Å². The molecule has 5 nitrogen and oxygen atoms in total. The first-order chi connectivity index (χ1) is 13.4. The third-order valence-corrected chi connectivity index (χ3v) is 6.43. The van der Waals surface area contributed by atoms with Gasteiger partial charge in [0.1, 0.15) is 5.15 Å². The van der Waals surface area contributed by atoms with Crippen molar-refractivity contribution in [2.75, 3.05) is 26.8 Å². The molecule has 0 radical (unpaired) electrons. The monoisotopic (exact) mass is 442 g/mol. The quantitative estimate of drug-likeness (QED) is 0.532. The topological polar surface area (TPSA) is 50.6 Å². The molecular formula is C20H25Cl3N4O. The predicted molar refractivity (Wildman–Crippen MR) is 117 cm³/mol. The first kappa shape index (κ1) is 21.3. The van der Waals surface area contributed by atoms with Crippen LogP contribution in [-0.2, 0) is 23.7 Å². The van der Waals surface area contributed by atoms with Gasteiger partial charge >= 0.3 is 0 Å². The van der Waals surface area contributed by atoms with Crippen molar-refractivity contribution in [2.45, 2.75) is 24.8 Å². The van der Waals surface area contributed by atoms with E-state index in [-0.39, 0.29) is 5.41 Å². The van der Waals surface area contributed by atoms with Gasteiger partial charge in [-0.15, -0.1) is 0 Å². The van der Waals surface area contributed by atoms with E-state index < -0.39 is 0 Å². The van der Waals surface area contributed by atoms with Crippen molar-refractivity contribution < 1.29 is 4.74 Å². The van der Waals surface area contributed by atoms with Gasteiger partial charge in [0.15, 0.2) is 5.96 Å². The van der Waals surface area contributed by atoms with Gasteiger partial charge in [0.05, 0.1) is 11.6 Å². The molecule has 2 aromatic rings. The van der Waals surface area contributed by atoms with E-state index in [0.29, 0.717) is 16.7 Å².